The van der Waals surface area contributed by atoms with E-state index in [0.29, 0.717) is 12.0 Å². The molecule has 1 aromatic carbocycles. The van der Waals surface area contributed by atoms with Crippen LogP contribution in [0.3, 0.4) is 0 Å². The number of hydrogen-bond acceptors (Lipinski definition) is 2. The topological polar surface area (TPSA) is 30.7 Å². The zero-order valence-corrected chi connectivity index (χ0v) is 10.3. The van der Waals surface area contributed by atoms with E-state index in [1.165, 1.54) is 18.4 Å². The third-order valence-electron chi connectivity index (χ3n) is 3.27. The Labute approximate surface area is 103 Å². The van der Waals surface area contributed by atoms with Gasteiger partial charge in [-0.05, 0) is 36.5 Å². The Morgan fingerprint density at radius 3 is 2.56 bits per heavy atom. The average molecular weight is 278 g/mol. The summed E-state index contributed by atoms with van der Waals surface area (Å²) < 4.78 is 3.11. The van der Waals surface area contributed by atoms with E-state index in [4.69, 9.17) is 0 Å². The van der Waals surface area contributed by atoms with E-state index < -0.39 is 0 Å². The predicted octanol–water partition coefficient (Wildman–Crippen LogP) is 3.16. The van der Waals surface area contributed by atoms with Gasteiger partial charge in [0, 0.05) is 10.7 Å². The average Bonchev–Trinajstić information content (AvgIpc) is 2.72. The van der Waals surface area contributed by atoms with Gasteiger partial charge in [0.25, 0.3) is 0 Å². The molecule has 0 spiro atoms. The molecule has 0 saturated heterocycles. The molecule has 0 radical (unpaired) electrons. The van der Waals surface area contributed by atoms with Crippen LogP contribution < -0.4 is 0 Å². The van der Waals surface area contributed by atoms with Crippen LogP contribution in [0, 0.1) is 0 Å². The van der Waals surface area contributed by atoms with Crippen molar-refractivity contribution in [3.8, 4) is 0 Å². The van der Waals surface area contributed by atoms with E-state index in [9.17, 15) is 0 Å². The van der Waals surface area contributed by atoms with Gasteiger partial charge in [-0.3, -0.25) is 0 Å². The zero-order chi connectivity index (χ0) is 11.0. The third-order valence-corrected chi connectivity index (χ3v) is 3.80. The molecule has 0 N–H and O–H groups in total. The molecule has 82 valence electrons. The summed E-state index contributed by atoms with van der Waals surface area (Å²) in [6, 6.07) is 9.16. The van der Waals surface area contributed by atoms with Crippen molar-refractivity contribution in [1.82, 2.24) is 15.0 Å². The molecule has 0 amide bonds. The number of rotatable bonds is 2. The summed E-state index contributed by atoms with van der Waals surface area (Å²) in [5.74, 6) is 0.683. The highest BCUT2D eigenvalue weighted by Crippen LogP contribution is 2.44. The van der Waals surface area contributed by atoms with E-state index in [2.05, 4.69) is 50.5 Å². The summed E-state index contributed by atoms with van der Waals surface area (Å²) in [6.07, 6.45) is 6.03. The predicted molar refractivity (Wildman–Crippen MR) is 65.2 cm³/mol. The normalized spacial score (nSPS) is 24.1. The summed E-state index contributed by atoms with van der Waals surface area (Å²) in [5, 5.41) is 7.88. The van der Waals surface area contributed by atoms with Gasteiger partial charge < -0.3 is 0 Å². The molecule has 0 aliphatic heterocycles. The van der Waals surface area contributed by atoms with Crippen LogP contribution in [0.15, 0.2) is 41.1 Å². The van der Waals surface area contributed by atoms with Crippen molar-refractivity contribution in [3.05, 3.63) is 46.7 Å². The van der Waals surface area contributed by atoms with Crippen LogP contribution in [-0.2, 0) is 0 Å². The van der Waals surface area contributed by atoms with Crippen molar-refractivity contribution in [1.29, 1.82) is 0 Å². The van der Waals surface area contributed by atoms with Gasteiger partial charge in [0.1, 0.15) is 0 Å². The molecule has 0 unspecified atom stereocenters. The van der Waals surface area contributed by atoms with Gasteiger partial charge in [0.05, 0.1) is 12.2 Å². The van der Waals surface area contributed by atoms with Gasteiger partial charge >= 0.3 is 0 Å². The first-order chi connectivity index (χ1) is 7.83. The summed E-state index contributed by atoms with van der Waals surface area (Å²) in [4.78, 5) is 0. The van der Waals surface area contributed by atoms with Crippen LogP contribution in [0.25, 0.3) is 0 Å². The largest absolute Gasteiger partial charge is 0.249 e. The van der Waals surface area contributed by atoms with E-state index >= 15 is 0 Å². The summed E-state index contributed by atoms with van der Waals surface area (Å²) in [6.45, 7) is 0. The molecule has 3 nitrogen and oxygen atoms in total. The van der Waals surface area contributed by atoms with Crippen molar-refractivity contribution in [3.63, 3.8) is 0 Å². The molecule has 1 aliphatic rings. The highest BCUT2D eigenvalue weighted by atomic mass is 79.9. The van der Waals surface area contributed by atoms with Crippen LogP contribution in [0.1, 0.15) is 30.4 Å². The van der Waals surface area contributed by atoms with Gasteiger partial charge in [-0.25, -0.2) is 4.68 Å². The van der Waals surface area contributed by atoms with E-state index in [1.807, 2.05) is 10.9 Å². The van der Waals surface area contributed by atoms with Gasteiger partial charge in [-0.1, -0.05) is 33.3 Å². The second-order valence-corrected chi connectivity index (χ2v) is 5.17. The minimum absolute atomic E-state index is 0.538. The van der Waals surface area contributed by atoms with Gasteiger partial charge in [-0.15, -0.1) is 5.10 Å². The fraction of sp³-hybridized carbons (Fsp3) is 0.333. The molecule has 1 saturated carbocycles. The minimum atomic E-state index is 0.538. The van der Waals surface area contributed by atoms with Gasteiger partial charge in [-0.2, -0.15) is 0 Å². The van der Waals surface area contributed by atoms with Crippen molar-refractivity contribution < 1.29 is 0 Å². The van der Waals surface area contributed by atoms with Crippen molar-refractivity contribution in [2.24, 2.45) is 0 Å². The van der Waals surface area contributed by atoms with Gasteiger partial charge in [0.15, 0.2) is 0 Å². The van der Waals surface area contributed by atoms with E-state index in [0.717, 1.165) is 4.47 Å². The summed E-state index contributed by atoms with van der Waals surface area (Å²) in [7, 11) is 0. The maximum atomic E-state index is 4.04. The highest BCUT2D eigenvalue weighted by molar-refractivity contribution is 9.10. The molecule has 0 bridgehead atoms. The Morgan fingerprint density at radius 2 is 1.94 bits per heavy atom. The molecule has 1 aromatic heterocycles. The summed E-state index contributed by atoms with van der Waals surface area (Å²) in [5.41, 5.74) is 1.43. The van der Waals surface area contributed by atoms with Crippen LogP contribution in [0.5, 0.6) is 0 Å². The number of benzene rings is 1. The van der Waals surface area contributed by atoms with Crippen molar-refractivity contribution in [2.45, 2.75) is 24.8 Å². The Balaban J connectivity index is 1.67. The molecule has 1 heterocycles. The first-order valence-corrected chi connectivity index (χ1v) is 6.23. The second-order valence-electron chi connectivity index (χ2n) is 4.26. The second kappa shape index (κ2) is 4.01. The first-order valence-electron chi connectivity index (χ1n) is 5.44. The first kappa shape index (κ1) is 10.0. The maximum Gasteiger partial charge on any atom is 0.0693 e. The zero-order valence-electron chi connectivity index (χ0n) is 8.75. The lowest BCUT2D eigenvalue weighted by atomic mass is 9.76. The quantitative estimate of drug-likeness (QED) is 0.844. The molecule has 3 rings (SSSR count). The van der Waals surface area contributed by atoms with Crippen LogP contribution >= 0.6 is 15.9 Å². The smallest absolute Gasteiger partial charge is 0.0693 e. The van der Waals surface area contributed by atoms with E-state index in [-0.39, 0.29) is 0 Å². The monoisotopic (exact) mass is 277 g/mol. The SMILES string of the molecule is Brc1ccc(C2CC(n3ccnn3)C2)cc1. The number of aromatic nitrogens is 3. The molecule has 1 aliphatic carbocycles. The lowest BCUT2D eigenvalue weighted by Crippen LogP contribution is -2.25. The minimum Gasteiger partial charge on any atom is -0.249 e. The fourth-order valence-electron chi connectivity index (χ4n) is 2.22. The maximum absolute atomic E-state index is 4.04. The molecule has 1 fully saturated rings. The summed E-state index contributed by atoms with van der Waals surface area (Å²) >= 11 is 3.46. The fourth-order valence-corrected chi connectivity index (χ4v) is 2.49. The number of nitrogens with zero attached hydrogens (tertiary/aromatic N) is 3. The molecule has 2 aromatic rings. The molecular formula is C12H12BrN3. The third kappa shape index (κ3) is 1.78. The molecular weight excluding hydrogens is 266 g/mol. The van der Waals surface area contributed by atoms with Gasteiger partial charge in [0.2, 0.25) is 0 Å². The van der Waals surface area contributed by atoms with Crippen molar-refractivity contribution in [2.75, 3.05) is 0 Å². The highest BCUT2D eigenvalue weighted by Gasteiger charge is 2.31. The standard InChI is InChI=1S/C12H12BrN3/c13-11-3-1-9(2-4-11)10-7-12(8-10)16-6-5-14-15-16/h1-6,10,12H,7-8H2. The van der Waals surface area contributed by atoms with Crippen LogP contribution in [0.2, 0.25) is 0 Å². The Bertz CT molecular complexity index is 458. The molecule has 16 heavy (non-hydrogen) atoms. The Kier molecular flexibility index (Phi) is 2.52. The molecule has 4 heteroatoms. The van der Waals surface area contributed by atoms with Crippen molar-refractivity contribution >= 4 is 15.9 Å². The lowest BCUT2D eigenvalue weighted by Gasteiger charge is -2.35. The van der Waals surface area contributed by atoms with Crippen LogP contribution in [0.4, 0.5) is 0 Å². The Hall–Kier alpha value is -1.16. The molecule has 0 atom stereocenters. The van der Waals surface area contributed by atoms with Crippen LogP contribution in [-0.4, -0.2) is 15.0 Å². The number of halogens is 1. The lowest BCUT2D eigenvalue weighted by molar-refractivity contribution is 0.241. The Morgan fingerprint density at radius 1 is 1.19 bits per heavy atom. The number of hydrogen-bond donors (Lipinski definition) is 0. The van der Waals surface area contributed by atoms with E-state index in [1.54, 1.807) is 6.20 Å².